The molecule has 13 heavy (non-hydrogen) atoms. The Bertz CT molecular complexity index is 332. The molecule has 1 heterocycles. The molecule has 1 atom stereocenters. The van der Waals surface area contributed by atoms with Gasteiger partial charge in [-0.25, -0.2) is 8.78 Å². The average Bonchev–Trinajstić information content (AvgIpc) is 2.33. The molecule has 0 N–H and O–H groups in total. The van der Waals surface area contributed by atoms with Crippen molar-refractivity contribution in [2.24, 2.45) is 0 Å². The molecule has 0 unspecified atom stereocenters. The maximum Gasteiger partial charge on any atom is 0.334 e. The van der Waals surface area contributed by atoms with Gasteiger partial charge in [0.1, 0.15) is 11.6 Å². The fraction of sp³-hybridized carbons (Fsp3) is 0.250. The monoisotopic (exact) mass is 265 g/mol. The fourth-order valence-corrected chi connectivity index (χ4v) is 1.31. The van der Waals surface area contributed by atoms with Gasteiger partial charge < -0.3 is 4.65 Å². The van der Waals surface area contributed by atoms with Gasteiger partial charge in [-0.15, -0.1) is 0 Å². The summed E-state index contributed by atoms with van der Waals surface area (Å²) in [5, 5.41) is 0. The van der Waals surface area contributed by atoms with Crippen molar-refractivity contribution in [3.05, 3.63) is 29.3 Å². The van der Waals surface area contributed by atoms with Crippen LogP contribution in [-0.4, -0.2) is 7.48 Å². The minimum Gasteiger partial charge on any atom is -0.428 e. The van der Waals surface area contributed by atoms with Crippen molar-refractivity contribution in [2.45, 2.75) is 13.0 Å². The number of hydrogen-bond donors (Lipinski definition) is 0. The Morgan fingerprint density at radius 3 is 2.77 bits per heavy atom. The number of hydrogen-bond acceptors (Lipinski definition) is 1. The van der Waals surface area contributed by atoms with Crippen LogP contribution in [0.15, 0.2) is 12.1 Å². The molecule has 0 aromatic heterocycles. The van der Waals surface area contributed by atoms with Crippen LogP contribution in [0, 0.1) is 11.6 Å². The summed E-state index contributed by atoms with van der Waals surface area (Å²) in [5.74, 6) is -1.12. The predicted octanol–water partition coefficient (Wildman–Crippen LogP) is 1.30. The topological polar surface area (TPSA) is 9.23 Å². The second-order valence-corrected chi connectivity index (χ2v) is 2.79. The molecule has 1 nitrogen and oxygen atoms in total. The van der Waals surface area contributed by atoms with Crippen molar-refractivity contribution in [1.82, 2.24) is 0 Å². The molecule has 1 aromatic rings. The Balaban J connectivity index is 0.000000845. The van der Waals surface area contributed by atoms with Crippen molar-refractivity contribution in [3.8, 4) is 0 Å². The first-order valence-electron chi connectivity index (χ1n) is 3.66. The molecule has 0 amide bonds. The third-order valence-electron chi connectivity index (χ3n) is 1.95. The van der Waals surface area contributed by atoms with Gasteiger partial charge in [-0.2, -0.15) is 0 Å². The zero-order chi connectivity index (χ0) is 8.72. The van der Waals surface area contributed by atoms with Gasteiger partial charge in [0.25, 0.3) is 0 Å². The van der Waals surface area contributed by atoms with Crippen molar-refractivity contribution in [2.75, 3.05) is 0 Å². The molecule has 0 bridgehead atoms. The molecule has 2 rings (SSSR count). The van der Waals surface area contributed by atoms with Crippen LogP contribution in [0.25, 0.3) is 0 Å². The molecule has 0 saturated heterocycles. The average molecular weight is 263 g/mol. The standard InChI is InChI=1S/C8H6BF2O.Mo/c1-4-6-2-5(10)3-7(11)8(6)9-12-4;/h2-4H,1H3;/t4-;/m1./s1. The molecule has 67 valence electrons. The van der Waals surface area contributed by atoms with Crippen molar-refractivity contribution in [3.63, 3.8) is 0 Å². The summed E-state index contributed by atoms with van der Waals surface area (Å²) in [6.07, 6.45) is -0.245. The summed E-state index contributed by atoms with van der Waals surface area (Å²) in [7, 11) is 1.33. The first kappa shape index (κ1) is 10.9. The van der Waals surface area contributed by atoms with E-state index in [0.717, 1.165) is 6.07 Å². The van der Waals surface area contributed by atoms with E-state index in [-0.39, 0.29) is 27.2 Å². The Kier molecular flexibility index (Phi) is 3.25. The molecule has 1 aromatic carbocycles. The zero-order valence-corrected chi connectivity index (χ0v) is 8.89. The molecule has 1 radical (unpaired) electrons. The van der Waals surface area contributed by atoms with Gasteiger partial charge in [0.2, 0.25) is 0 Å². The maximum atomic E-state index is 13.0. The van der Waals surface area contributed by atoms with Crippen LogP contribution in [0.3, 0.4) is 0 Å². The van der Waals surface area contributed by atoms with Crippen LogP contribution in [0.5, 0.6) is 0 Å². The summed E-state index contributed by atoms with van der Waals surface area (Å²) < 4.78 is 30.7. The Morgan fingerprint density at radius 2 is 2.08 bits per heavy atom. The SMILES string of the molecule is C[C@H]1O[B]c2c(F)cc(F)cc21.[Mo]. The second kappa shape index (κ2) is 3.89. The van der Waals surface area contributed by atoms with Gasteiger partial charge in [0, 0.05) is 27.1 Å². The van der Waals surface area contributed by atoms with Gasteiger partial charge in [-0.05, 0) is 24.0 Å². The van der Waals surface area contributed by atoms with E-state index >= 15 is 0 Å². The van der Waals surface area contributed by atoms with E-state index in [4.69, 9.17) is 4.65 Å². The molecule has 0 aliphatic carbocycles. The summed E-state index contributed by atoms with van der Waals surface area (Å²) >= 11 is 0. The molecule has 1 aliphatic rings. The third kappa shape index (κ3) is 1.84. The van der Waals surface area contributed by atoms with E-state index in [1.165, 1.54) is 13.5 Å². The molecular weight excluding hydrogens is 257 g/mol. The number of halogens is 2. The number of rotatable bonds is 0. The zero-order valence-electron chi connectivity index (χ0n) is 6.88. The van der Waals surface area contributed by atoms with E-state index < -0.39 is 11.6 Å². The fourth-order valence-electron chi connectivity index (χ4n) is 1.31. The van der Waals surface area contributed by atoms with Crippen LogP contribution in [-0.2, 0) is 25.7 Å². The van der Waals surface area contributed by atoms with Crippen molar-refractivity contribution in [1.29, 1.82) is 0 Å². The van der Waals surface area contributed by atoms with Crippen LogP contribution >= 0.6 is 0 Å². The van der Waals surface area contributed by atoms with Crippen LogP contribution in [0.1, 0.15) is 18.6 Å². The molecule has 0 spiro atoms. The van der Waals surface area contributed by atoms with E-state index in [0.29, 0.717) is 11.0 Å². The number of benzene rings is 1. The smallest absolute Gasteiger partial charge is 0.334 e. The maximum absolute atomic E-state index is 13.0. The minimum absolute atomic E-state index is 0. The van der Waals surface area contributed by atoms with Crippen LogP contribution in [0.2, 0.25) is 0 Å². The Hall–Kier alpha value is -0.207. The van der Waals surface area contributed by atoms with Gasteiger partial charge in [0.15, 0.2) is 0 Å². The van der Waals surface area contributed by atoms with E-state index in [2.05, 4.69) is 0 Å². The van der Waals surface area contributed by atoms with Gasteiger partial charge in [0.05, 0.1) is 6.10 Å². The summed E-state index contributed by atoms with van der Waals surface area (Å²) in [4.78, 5) is 0. The Morgan fingerprint density at radius 1 is 1.38 bits per heavy atom. The quantitative estimate of drug-likeness (QED) is 0.641. The predicted molar refractivity (Wildman–Crippen MR) is 41.2 cm³/mol. The summed E-state index contributed by atoms with van der Waals surface area (Å²) in [6, 6.07) is 2.16. The molecule has 0 saturated carbocycles. The second-order valence-electron chi connectivity index (χ2n) is 2.79. The van der Waals surface area contributed by atoms with Crippen LogP contribution < -0.4 is 5.46 Å². The first-order chi connectivity index (χ1) is 5.68. The summed E-state index contributed by atoms with van der Waals surface area (Å²) in [5.41, 5.74) is 0.941. The largest absolute Gasteiger partial charge is 0.428 e. The third-order valence-corrected chi connectivity index (χ3v) is 1.95. The molecular formula is C8H6BF2MoO. The van der Waals surface area contributed by atoms with E-state index in [1.54, 1.807) is 6.92 Å². The molecule has 1 aliphatic heterocycles. The van der Waals surface area contributed by atoms with Gasteiger partial charge in [-0.1, -0.05) is 0 Å². The van der Waals surface area contributed by atoms with Crippen molar-refractivity contribution < 1.29 is 34.5 Å². The molecule has 5 heteroatoms. The molecule has 0 fully saturated rings. The van der Waals surface area contributed by atoms with E-state index in [9.17, 15) is 8.78 Å². The minimum atomic E-state index is -0.561. The van der Waals surface area contributed by atoms with Crippen molar-refractivity contribution >= 4 is 12.9 Å². The first-order valence-corrected chi connectivity index (χ1v) is 3.66. The van der Waals surface area contributed by atoms with Gasteiger partial charge in [-0.3, -0.25) is 0 Å². The number of fused-ring (bicyclic) bond motifs is 1. The summed E-state index contributed by atoms with van der Waals surface area (Å²) in [6.45, 7) is 1.75. The van der Waals surface area contributed by atoms with Gasteiger partial charge >= 0.3 is 7.48 Å². The normalized spacial score (nSPS) is 18.8. The van der Waals surface area contributed by atoms with Crippen LogP contribution in [0.4, 0.5) is 8.78 Å². The Labute approximate surface area is 90.0 Å². The van der Waals surface area contributed by atoms with E-state index in [1.807, 2.05) is 0 Å².